The summed E-state index contributed by atoms with van der Waals surface area (Å²) < 4.78 is 46.8. The average molecular weight is 486 g/mol. The first-order valence-corrected chi connectivity index (χ1v) is 10.6. The maximum absolute atomic E-state index is 13.2. The first-order valence-electron chi connectivity index (χ1n) is 10.6. The van der Waals surface area contributed by atoms with Crippen molar-refractivity contribution in [3.63, 3.8) is 0 Å². The predicted octanol–water partition coefficient (Wildman–Crippen LogP) is 4.39. The molecule has 0 aliphatic heterocycles. The van der Waals surface area contributed by atoms with Gasteiger partial charge >= 0.3 is 6.18 Å². The fourth-order valence-electron chi connectivity index (χ4n) is 3.28. The lowest BCUT2D eigenvalue weighted by Gasteiger charge is -2.14. The number of nitrogens with one attached hydrogen (secondary N) is 2. The second-order valence-corrected chi connectivity index (χ2v) is 7.72. The molecule has 1 aliphatic rings. The van der Waals surface area contributed by atoms with Gasteiger partial charge in [0.15, 0.2) is 5.65 Å². The van der Waals surface area contributed by atoms with Crippen LogP contribution in [0.3, 0.4) is 0 Å². The number of aliphatic imine (C=N–C) groups is 1. The Kier molecular flexibility index (Phi) is 6.54. The zero-order valence-corrected chi connectivity index (χ0v) is 18.8. The summed E-state index contributed by atoms with van der Waals surface area (Å²) in [4.78, 5) is 32.1. The van der Waals surface area contributed by atoms with Crippen molar-refractivity contribution in [3.05, 3.63) is 54.2 Å². The number of anilines is 2. The van der Waals surface area contributed by atoms with Gasteiger partial charge in [-0.05, 0) is 44.0 Å². The molecule has 1 aliphatic carbocycles. The molecule has 2 heterocycles. The SMILES string of the molecule is C/C=C(\C(=NC)C(=O)Nc1cccc(Oc2ccc3nc(NC(=O)C4CC4)nn3c2)c1)C(F)(F)F. The minimum atomic E-state index is -4.72. The van der Waals surface area contributed by atoms with E-state index in [1.165, 1.54) is 23.6 Å². The number of ether oxygens (including phenoxy) is 1. The van der Waals surface area contributed by atoms with E-state index in [9.17, 15) is 22.8 Å². The summed E-state index contributed by atoms with van der Waals surface area (Å²) in [5.41, 5.74) is -1.13. The van der Waals surface area contributed by atoms with E-state index in [-0.39, 0.29) is 23.5 Å². The number of nitrogens with zero attached hydrogens (tertiary/aromatic N) is 4. The molecule has 1 saturated carbocycles. The molecule has 2 N–H and O–H groups in total. The Morgan fingerprint density at radius 2 is 1.94 bits per heavy atom. The Morgan fingerprint density at radius 3 is 2.60 bits per heavy atom. The molecule has 9 nitrogen and oxygen atoms in total. The van der Waals surface area contributed by atoms with E-state index in [1.807, 2.05) is 0 Å². The summed E-state index contributed by atoms with van der Waals surface area (Å²) in [6.07, 6.45) is -0.634. The highest BCUT2D eigenvalue weighted by Crippen LogP contribution is 2.30. The zero-order valence-electron chi connectivity index (χ0n) is 18.8. The largest absolute Gasteiger partial charge is 0.456 e. The van der Waals surface area contributed by atoms with E-state index >= 15 is 0 Å². The average Bonchev–Trinajstić information content (AvgIpc) is 3.57. The Labute approximate surface area is 197 Å². The van der Waals surface area contributed by atoms with Gasteiger partial charge in [0, 0.05) is 24.7 Å². The van der Waals surface area contributed by atoms with Gasteiger partial charge in [0.1, 0.15) is 17.2 Å². The molecule has 0 atom stereocenters. The molecular weight excluding hydrogens is 465 g/mol. The number of halogens is 3. The Hall–Kier alpha value is -4.22. The Morgan fingerprint density at radius 1 is 1.17 bits per heavy atom. The second kappa shape index (κ2) is 9.57. The van der Waals surface area contributed by atoms with Crippen LogP contribution in [0.4, 0.5) is 24.8 Å². The van der Waals surface area contributed by atoms with Gasteiger partial charge in [-0.3, -0.25) is 19.9 Å². The lowest BCUT2D eigenvalue weighted by molar-refractivity contribution is -0.117. The molecule has 4 rings (SSSR count). The number of alkyl halides is 3. The monoisotopic (exact) mass is 486 g/mol. The number of hydrogen-bond donors (Lipinski definition) is 2. The molecule has 35 heavy (non-hydrogen) atoms. The number of amides is 2. The minimum Gasteiger partial charge on any atom is -0.456 e. The molecule has 3 aromatic rings. The van der Waals surface area contributed by atoms with E-state index in [0.717, 1.165) is 26.0 Å². The van der Waals surface area contributed by atoms with Gasteiger partial charge in [-0.2, -0.15) is 18.2 Å². The van der Waals surface area contributed by atoms with Crippen molar-refractivity contribution in [1.29, 1.82) is 0 Å². The van der Waals surface area contributed by atoms with Gasteiger partial charge in [0.25, 0.3) is 5.91 Å². The number of pyridine rings is 1. The molecule has 1 fully saturated rings. The molecule has 182 valence electrons. The molecule has 0 saturated heterocycles. The summed E-state index contributed by atoms with van der Waals surface area (Å²) in [6, 6.07) is 9.46. The van der Waals surface area contributed by atoms with Crippen LogP contribution in [0.1, 0.15) is 19.8 Å². The van der Waals surface area contributed by atoms with Crippen molar-refractivity contribution in [3.8, 4) is 11.5 Å². The van der Waals surface area contributed by atoms with Crippen LogP contribution < -0.4 is 15.4 Å². The third kappa shape index (κ3) is 5.65. The number of carbonyl (C=O) groups is 2. The fourth-order valence-corrected chi connectivity index (χ4v) is 3.28. The molecular formula is C23H21F3N6O3. The summed E-state index contributed by atoms with van der Waals surface area (Å²) in [5.74, 6) is -0.191. The normalized spacial score (nSPS) is 14.7. The van der Waals surface area contributed by atoms with Crippen LogP contribution in [0, 0.1) is 5.92 Å². The molecule has 2 amide bonds. The van der Waals surface area contributed by atoms with Crippen LogP contribution >= 0.6 is 0 Å². The van der Waals surface area contributed by atoms with E-state index in [0.29, 0.717) is 17.1 Å². The molecule has 12 heteroatoms. The third-order valence-corrected chi connectivity index (χ3v) is 5.10. The van der Waals surface area contributed by atoms with Gasteiger partial charge in [0.2, 0.25) is 11.9 Å². The Balaban J connectivity index is 1.47. The molecule has 1 aromatic carbocycles. The van der Waals surface area contributed by atoms with E-state index < -0.39 is 23.4 Å². The Bertz CT molecular complexity index is 1340. The van der Waals surface area contributed by atoms with Gasteiger partial charge in [-0.15, -0.1) is 5.10 Å². The topological polar surface area (TPSA) is 110 Å². The molecule has 2 aromatic heterocycles. The zero-order chi connectivity index (χ0) is 25.2. The summed E-state index contributed by atoms with van der Waals surface area (Å²) in [6.45, 7) is 1.19. The number of rotatable bonds is 7. The van der Waals surface area contributed by atoms with Crippen LogP contribution in [-0.4, -0.2) is 45.3 Å². The van der Waals surface area contributed by atoms with Gasteiger partial charge < -0.3 is 10.1 Å². The maximum Gasteiger partial charge on any atom is 0.418 e. The quantitative estimate of drug-likeness (QED) is 0.482. The second-order valence-electron chi connectivity index (χ2n) is 7.72. The van der Waals surface area contributed by atoms with Crippen LogP contribution in [0.2, 0.25) is 0 Å². The standard InChI is InChI=1S/C23H21F3N6O3/c1-3-17(23(24,25)26)19(27-2)21(34)28-14-5-4-6-15(11-14)35-16-9-10-18-29-22(31-32(18)12-16)30-20(33)13-7-8-13/h3-6,9-13H,7-8H2,1-2H3,(H,28,34)(H,30,31,33)/b17-3+,27-19?. The molecule has 0 unspecified atom stereocenters. The van der Waals surface area contributed by atoms with Crippen molar-refractivity contribution >= 4 is 34.8 Å². The highest BCUT2D eigenvalue weighted by molar-refractivity contribution is 6.49. The maximum atomic E-state index is 13.2. The first kappa shape index (κ1) is 23.9. The minimum absolute atomic E-state index is 0.0194. The first-order chi connectivity index (χ1) is 16.7. The van der Waals surface area contributed by atoms with Crippen molar-refractivity contribution in [2.24, 2.45) is 10.9 Å². The highest BCUT2D eigenvalue weighted by Gasteiger charge is 2.38. The van der Waals surface area contributed by atoms with Gasteiger partial charge in [-0.1, -0.05) is 12.1 Å². The lowest BCUT2D eigenvalue weighted by atomic mass is 10.1. The van der Waals surface area contributed by atoms with Crippen LogP contribution in [0.5, 0.6) is 11.5 Å². The summed E-state index contributed by atoms with van der Waals surface area (Å²) >= 11 is 0. The number of carbonyl (C=O) groups excluding carboxylic acids is 2. The van der Waals surface area contributed by atoms with Gasteiger partial charge in [-0.25, -0.2) is 4.52 Å². The van der Waals surface area contributed by atoms with Crippen molar-refractivity contribution in [2.75, 3.05) is 17.7 Å². The van der Waals surface area contributed by atoms with Gasteiger partial charge in [0.05, 0.1) is 11.8 Å². The van der Waals surface area contributed by atoms with E-state index in [1.54, 1.807) is 30.5 Å². The molecule has 0 radical (unpaired) electrons. The third-order valence-electron chi connectivity index (χ3n) is 5.10. The number of aromatic nitrogens is 3. The van der Waals surface area contributed by atoms with E-state index in [2.05, 4.69) is 25.7 Å². The number of benzene rings is 1. The summed E-state index contributed by atoms with van der Waals surface area (Å²) in [5, 5.41) is 9.31. The van der Waals surface area contributed by atoms with Crippen LogP contribution in [0.25, 0.3) is 5.65 Å². The van der Waals surface area contributed by atoms with Crippen molar-refractivity contribution in [2.45, 2.75) is 25.9 Å². The number of fused-ring (bicyclic) bond motifs is 1. The number of hydrogen-bond acceptors (Lipinski definition) is 6. The van der Waals surface area contributed by atoms with Crippen molar-refractivity contribution < 1.29 is 27.5 Å². The highest BCUT2D eigenvalue weighted by atomic mass is 19.4. The summed E-state index contributed by atoms with van der Waals surface area (Å²) in [7, 11) is 1.12. The number of allylic oxidation sites excluding steroid dienone is 1. The van der Waals surface area contributed by atoms with Crippen molar-refractivity contribution in [1.82, 2.24) is 14.6 Å². The fraction of sp³-hybridized carbons (Fsp3) is 0.261. The molecule has 0 bridgehead atoms. The van der Waals surface area contributed by atoms with Crippen LogP contribution in [0.15, 0.2) is 59.2 Å². The lowest BCUT2D eigenvalue weighted by Crippen LogP contribution is -2.31. The molecule has 0 spiro atoms. The van der Waals surface area contributed by atoms with E-state index in [4.69, 9.17) is 4.74 Å². The van der Waals surface area contributed by atoms with Crippen LogP contribution in [-0.2, 0) is 9.59 Å². The predicted molar refractivity (Wildman–Crippen MR) is 123 cm³/mol. The smallest absolute Gasteiger partial charge is 0.418 e.